The molecule has 2 aromatic heterocycles. The van der Waals surface area contributed by atoms with Gasteiger partial charge in [-0.25, -0.2) is 9.07 Å². The molecular formula is C21H21FN4O2. The second kappa shape index (κ2) is 8.22. The molecule has 3 aromatic rings. The van der Waals surface area contributed by atoms with Gasteiger partial charge in [0.05, 0.1) is 31.2 Å². The Bertz CT molecular complexity index is 961. The Morgan fingerprint density at radius 2 is 2.11 bits per heavy atom. The number of hydrogen-bond donors (Lipinski definition) is 1. The molecule has 3 heterocycles. The fourth-order valence-electron chi connectivity index (χ4n) is 3.20. The van der Waals surface area contributed by atoms with Crippen molar-refractivity contribution in [3.63, 3.8) is 0 Å². The van der Waals surface area contributed by atoms with Gasteiger partial charge in [-0.3, -0.25) is 9.69 Å². The van der Waals surface area contributed by atoms with Gasteiger partial charge in [0, 0.05) is 24.8 Å². The van der Waals surface area contributed by atoms with Crippen LogP contribution in [0.1, 0.15) is 17.7 Å². The van der Waals surface area contributed by atoms with Crippen molar-refractivity contribution in [2.45, 2.75) is 13.0 Å². The summed E-state index contributed by atoms with van der Waals surface area (Å²) in [5.74, 6) is 0.462. The summed E-state index contributed by atoms with van der Waals surface area (Å²) < 4.78 is 20.0. The molecule has 1 aromatic carbocycles. The highest BCUT2D eigenvalue weighted by molar-refractivity contribution is 5.78. The Hall–Kier alpha value is -3.19. The first-order chi connectivity index (χ1) is 13.7. The first-order valence-electron chi connectivity index (χ1n) is 9.19. The van der Waals surface area contributed by atoms with E-state index in [1.165, 1.54) is 17.7 Å². The SMILES string of the molecule is O=C(CN1CC=C(c2cnn(-c3ccc(F)cc3)c2)CC1)NCc1ccco1. The molecule has 0 atom stereocenters. The quantitative estimate of drug-likeness (QED) is 0.714. The summed E-state index contributed by atoms with van der Waals surface area (Å²) in [6, 6.07) is 9.88. The highest BCUT2D eigenvalue weighted by Crippen LogP contribution is 2.22. The number of carbonyl (C=O) groups excluding carboxylic acids is 1. The molecule has 0 saturated heterocycles. The maximum absolute atomic E-state index is 13.1. The van der Waals surface area contributed by atoms with E-state index in [0.717, 1.165) is 30.0 Å². The molecule has 6 nitrogen and oxygen atoms in total. The number of amides is 1. The van der Waals surface area contributed by atoms with E-state index in [1.807, 2.05) is 18.5 Å². The maximum atomic E-state index is 13.1. The van der Waals surface area contributed by atoms with Crippen LogP contribution in [0.15, 0.2) is 65.5 Å². The molecule has 0 fully saturated rings. The smallest absolute Gasteiger partial charge is 0.234 e. The van der Waals surface area contributed by atoms with Gasteiger partial charge in [0.15, 0.2) is 0 Å². The van der Waals surface area contributed by atoms with E-state index in [4.69, 9.17) is 4.42 Å². The van der Waals surface area contributed by atoms with Gasteiger partial charge < -0.3 is 9.73 Å². The lowest BCUT2D eigenvalue weighted by molar-refractivity contribution is -0.122. The summed E-state index contributed by atoms with van der Waals surface area (Å²) in [4.78, 5) is 14.2. The molecule has 0 aliphatic carbocycles. The van der Waals surface area contributed by atoms with E-state index >= 15 is 0 Å². The van der Waals surface area contributed by atoms with Gasteiger partial charge in [-0.2, -0.15) is 5.10 Å². The average Bonchev–Trinajstić information content (AvgIpc) is 3.40. The molecule has 1 aliphatic heterocycles. The lowest BCUT2D eigenvalue weighted by Gasteiger charge is -2.25. The first kappa shape index (κ1) is 18.2. The lowest BCUT2D eigenvalue weighted by atomic mass is 10.0. The second-order valence-corrected chi connectivity index (χ2v) is 6.72. The van der Waals surface area contributed by atoms with Crippen molar-refractivity contribution in [2.24, 2.45) is 0 Å². The molecule has 0 saturated carbocycles. The van der Waals surface area contributed by atoms with Gasteiger partial charge >= 0.3 is 0 Å². The molecule has 1 N–H and O–H groups in total. The molecule has 0 radical (unpaired) electrons. The van der Waals surface area contributed by atoms with Crippen LogP contribution in [0.25, 0.3) is 11.3 Å². The molecule has 1 aliphatic rings. The third-order valence-corrected chi connectivity index (χ3v) is 4.74. The summed E-state index contributed by atoms with van der Waals surface area (Å²) in [5, 5.41) is 7.24. The summed E-state index contributed by atoms with van der Waals surface area (Å²) in [6.45, 7) is 2.29. The summed E-state index contributed by atoms with van der Waals surface area (Å²) >= 11 is 0. The van der Waals surface area contributed by atoms with Crippen LogP contribution in [0.2, 0.25) is 0 Å². The zero-order valence-corrected chi connectivity index (χ0v) is 15.3. The Morgan fingerprint density at radius 1 is 1.25 bits per heavy atom. The Kier molecular flexibility index (Phi) is 5.34. The standard InChI is InChI=1S/C21H21FN4O2/c22-18-3-5-19(6-4-18)26-14-17(12-24-26)16-7-9-25(10-8-16)15-21(27)23-13-20-2-1-11-28-20/h1-7,11-12,14H,8-10,13,15H2,(H,23,27). The van der Waals surface area contributed by atoms with Crippen LogP contribution in [0, 0.1) is 5.82 Å². The van der Waals surface area contributed by atoms with Gasteiger partial charge in [0.2, 0.25) is 5.91 Å². The number of rotatable bonds is 6. The largest absolute Gasteiger partial charge is 0.467 e. The molecule has 0 unspecified atom stereocenters. The second-order valence-electron chi connectivity index (χ2n) is 6.72. The first-order valence-corrected chi connectivity index (χ1v) is 9.19. The molecule has 0 spiro atoms. The van der Waals surface area contributed by atoms with E-state index in [1.54, 1.807) is 29.1 Å². The Morgan fingerprint density at radius 3 is 2.82 bits per heavy atom. The monoisotopic (exact) mass is 380 g/mol. The van der Waals surface area contributed by atoms with Crippen molar-refractivity contribution in [3.05, 3.63) is 78.3 Å². The van der Waals surface area contributed by atoms with Crippen molar-refractivity contribution in [2.75, 3.05) is 19.6 Å². The van der Waals surface area contributed by atoms with Crippen LogP contribution in [0.3, 0.4) is 0 Å². The van der Waals surface area contributed by atoms with Crippen LogP contribution in [-0.4, -0.2) is 40.2 Å². The predicted molar refractivity (Wildman–Crippen MR) is 103 cm³/mol. The predicted octanol–water partition coefficient (Wildman–Crippen LogP) is 3.01. The number of nitrogens with zero attached hydrogens (tertiary/aromatic N) is 3. The van der Waals surface area contributed by atoms with Gasteiger partial charge in [-0.05, 0) is 48.4 Å². The average molecular weight is 380 g/mol. The minimum atomic E-state index is -0.264. The van der Waals surface area contributed by atoms with Crippen molar-refractivity contribution < 1.29 is 13.6 Å². The molecule has 4 rings (SSSR count). The van der Waals surface area contributed by atoms with Crippen molar-refractivity contribution in [1.29, 1.82) is 0 Å². The Labute approximate surface area is 162 Å². The molecule has 144 valence electrons. The third-order valence-electron chi connectivity index (χ3n) is 4.74. The van der Waals surface area contributed by atoms with Crippen LogP contribution < -0.4 is 5.32 Å². The summed E-state index contributed by atoms with van der Waals surface area (Å²) in [6.07, 6.45) is 8.35. The van der Waals surface area contributed by atoms with Crippen LogP contribution in [0.4, 0.5) is 4.39 Å². The van der Waals surface area contributed by atoms with E-state index in [9.17, 15) is 9.18 Å². The zero-order chi connectivity index (χ0) is 19.3. The fourth-order valence-corrected chi connectivity index (χ4v) is 3.20. The molecule has 0 bridgehead atoms. The van der Waals surface area contributed by atoms with Crippen LogP contribution in [0.5, 0.6) is 0 Å². The van der Waals surface area contributed by atoms with Gasteiger partial charge in [0.1, 0.15) is 11.6 Å². The normalized spacial score (nSPS) is 14.7. The topological polar surface area (TPSA) is 63.3 Å². The lowest BCUT2D eigenvalue weighted by Crippen LogP contribution is -2.38. The minimum absolute atomic E-state index is 0.0163. The van der Waals surface area contributed by atoms with Crippen molar-refractivity contribution in [1.82, 2.24) is 20.0 Å². The number of furan rings is 1. The molecular weight excluding hydrogens is 359 g/mol. The minimum Gasteiger partial charge on any atom is -0.467 e. The van der Waals surface area contributed by atoms with Crippen molar-refractivity contribution >= 4 is 11.5 Å². The van der Waals surface area contributed by atoms with Gasteiger partial charge in [-0.1, -0.05) is 6.08 Å². The highest BCUT2D eigenvalue weighted by atomic mass is 19.1. The molecule has 1 amide bonds. The number of aromatic nitrogens is 2. The van der Waals surface area contributed by atoms with Crippen LogP contribution >= 0.6 is 0 Å². The number of benzene rings is 1. The van der Waals surface area contributed by atoms with E-state index < -0.39 is 0 Å². The number of nitrogens with one attached hydrogen (secondary N) is 1. The van der Waals surface area contributed by atoms with Crippen LogP contribution in [-0.2, 0) is 11.3 Å². The van der Waals surface area contributed by atoms with E-state index in [-0.39, 0.29) is 11.7 Å². The summed E-state index contributed by atoms with van der Waals surface area (Å²) in [7, 11) is 0. The van der Waals surface area contributed by atoms with Crippen molar-refractivity contribution in [3.8, 4) is 5.69 Å². The van der Waals surface area contributed by atoms with E-state index in [2.05, 4.69) is 21.4 Å². The molecule has 28 heavy (non-hydrogen) atoms. The third kappa shape index (κ3) is 4.37. The summed E-state index contributed by atoms with van der Waals surface area (Å²) in [5.41, 5.74) is 3.07. The van der Waals surface area contributed by atoms with Gasteiger partial charge in [0.25, 0.3) is 0 Å². The maximum Gasteiger partial charge on any atom is 0.234 e. The zero-order valence-electron chi connectivity index (χ0n) is 15.3. The van der Waals surface area contributed by atoms with E-state index in [0.29, 0.717) is 19.6 Å². The Balaban J connectivity index is 1.31. The number of hydrogen-bond acceptors (Lipinski definition) is 4. The number of halogens is 1. The molecule has 7 heteroatoms. The van der Waals surface area contributed by atoms with Gasteiger partial charge in [-0.15, -0.1) is 0 Å². The fraction of sp³-hybridized carbons (Fsp3) is 0.238. The number of carbonyl (C=O) groups is 1. The highest BCUT2D eigenvalue weighted by Gasteiger charge is 2.17.